The molecule has 0 spiro atoms. The van der Waals surface area contributed by atoms with Gasteiger partial charge in [0.15, 0.2) is 0 Å². The molecule has 0 radical (unpaired) electrons. The third kappa shape index (κ3) is 4.67. The fourth-order valence-corrected chi connectivity index (χ4v) is 3.32. The van der Waals surface area contributed by atoms with Crippen LogP contribution in [-0.4, -0.2) is 18.4 Å². The third-order valence-electron chi connectivity index (χ3n) is 4.95. The van der Waals surface area contributed by atoms with Crippen LogP contribution < -0.4 is 15.4 Å². The highest BCUT2D eigenvalue weighted by Crippen LogP contribution is 2.35. The van der Waals surface area contributed by atoms with Gasteiger partial charge in [0.1, 0.15) is 18.3 Å². The Bertz CT molecular complexity index is 795. The molecular formula is C22H26N2O3. The standard InChI is InChI=1S/C22H26N2O3/c1-22(2,3)18-13-23-20(25)19(18)21(26)24-16-9-11-17(12-10-16)27-14-15-7-5-4-6-8-15/h4-12,18-19H,13-14H2,1-3H3,(H,23,25)(H,24,26)/t18-,19-/m1/s1. The second-order valence-corrected chi connectivity index (χ2v) is 7.98. The van der Waals surface area contributed by atoms with Gasteiger partial charge in [-0.2, -0.15) is 0 Å². The average Bonchev–Trinajstić information content (AvgIpc) is 3.04. The minimum Gasteiger partial charge on any atom is -0.489 e. The average molecular weight is 366 g/mol. The molecule has 0 saturated carbocycles. The number of hydrogen-bond acceptors (Lipinski definition) is 3. The SMILES string of the molecule is CC(C)(C)[C@@H]1CNC(=O)[C@@H]1C(=O)Nc1ccc(OCc2ccccc2)cc1. The van der Waals surface area contributed by atoms with Crippen LogP contribution in [0.2, 0.25) is 0 Å². The van der Waals surface area contributed by atoms with Crippen LogP contribution in [0.25, 0.3) is 0 Å². The predicted octanol–water partition coefficient (Wildman–Crippen LogP) is 3.61. The van der Waals surface area contributed by atoms with Gasteiger partial charge >= 0.3 is 0 Å². The zero-order chi connectivity index (χ0) is 19.4. The molecule has 0 unspecified atom stereocenters. The van der Waals surface area contributed by atoms with Crippen molar-refractivity contribution in [3.8, 4) is 5.75 Å². The lowest BCUT2D eigenvalue weighted by Crippen LogP contribution is -2.37. The summed E-state index contributed by atoms with van der Waals surface area (Å²) in [5, 5.41) is 5.68. The molecule has 1 aliphatic rings. The van der Waals surface area contributed by atoms with Crippen LogP contribution in [-0.2, 0) is 16.2 Å². The summed E-state index contributed by atoms with van der Waals surface area (Å²) in [4.78, 5) is 24.8. The molecule has 1 fully saturated rings. The summed E-state index contributed by atoms with van der Waals surface area (Å²) in [6, 6.07) is 17.1. The molecule has 5 nitrogen and oxygen atoms in total. The van der Waals surface area contributed by atoms with Crippen LogP contribution in [0.3, 0.4) is 0 Å². The molecular weight excluding hydrogens is 340 g/mol. The zero-order valence-corrected chi connectivity index (χ0v) is 16.0. The van der Waals surface area contributed by atoms with Crippen molar-refractivity contribution in [2.24, 2.45) is 17.3 Å². The van der Waals surface area contributed by atoms with E-state index in [1.807, 2.05) is 42.5 Å². The predicted molar refractivity (Wildman–Crippen MR) is 105 cm³/mol. The van der Waals surface area contributed by atoms with E-state index in [0.29, 0.717) is 18.8 Å². The second kappa shape index (κ2) is 7.82. The zero-order valence-electron chi connectivity index (χ0n) is 16.0. The van der Waals surface area contributed by atoms with Crippen LogP contribution in [0, 0.1) is 17.3 Å². The van der Waals surface area contributed by atoms with Gasteiger partial charge < -0.3 is 15.4 Å². The highest BCUT2D eigenvalue weighted by molar-refractivity contribution is 6.07. The number of carbonyl (C=O) groups is 2. The quantitative estimate of drug-likeness (QED) is 0.795. The molecule has 0 aromatic heterocycles. The van der Waals surface area contributed by atoms with Crippen LogP contribution in [0.1, 0.15) is 26.3 Å². The first kappa shape index (κ1) is 19.0. The van der Waals surface area contributed by atoms with Gasteiger partial charge in [-0.05, 0) is 35.2 Å². The Hall–Kier alpha value is -2.82. The van der Waals surface area contributed by atoms with Crippen LogP contribution >= 0.6 is 0 Å². The molecule has 3 rings (SSSR count). The van der Waals surface area contributed by atoms with Crippen LogP contribution in [0.4, 0.5) is 5.69 Å². The summed E-state index contributed by atoms with van der Waals surface area (Å²) >= 11 is 0. The Kier molecular flexibility index (Phi) is 5.49. The molecule has 2 amide bonds. The summed E-state index contributed by atoms with van der Waals surface area (Å²) in [6.45, 7) is 7.18. The molecule has 142 valence electrons. The monoisotopic (exact) mass is 366 g/mol. The number of anilines is 1. The van der Waals surface area contributed by atoms with Crippen molar-refractivity contribution >= 4 is 17.5 Å². The Morgan fingerprint density at radius 2 is 1.78 bits per heavy atom. The summed E-state index contributed by atoms with van der Waals surface area (Å²) < 4.78 is 5.75. The summed E-state index contributed by atoms with van der Waals surface area (Å²) in [5.74, 6) is -0.432. The normalized spacial score (nSPS) is 19.4. The molecule has 2 N–H and O–H groups in total. The number of carbonyl (C=O) groups excluding carboxylic acids is 2. The molecule has 2 aromatic carbocycles. The Labute approximate surface area is 160 Å². The topological polar surface area (TPSA) is 67.4 Å². The molecule has 5 heteroatoms. The second-order valence-electron chi connectivity index (χ2n) is 7.98. The molecule has 0 aliphatic carbocycles. The maximum absolute atomic E-state index is 12.7. The number of rotatable bonds is 5. The maximum atomic E-state index is 12.7. The summed E-state index contributed by atoms with van der Waals surface area (Å²) in [6.07, 6.45) is 0. The lowest BCUT2D eigenvalue weighted by Gasteiger charge is -2.29. The van der Waals surface area contributed by atoms with E-state index < -0.39 is 5.92 Å². The van der Waals surface area contributed by atoms with Crippen molar-refractivity contribution in [1.29, 1.82) is 0 Å². The van der Waals surface area contributed by atoms with E-state index in [0.717, 1.165) is 11.3 Å². The van der Waals surface area contributed by atoms with E-state index >= 15 is 0 Å². The maximum Gasteiger partial charge on any atom is 0.237 e. The molecule has 2 atom stereocenters. The fraction of sp³-hybridized carbons (Fsp3) is 0.364. The van der Waals surface area contributed by atoms with Gasteiger partial charge in [-0.25, -0.2) is 0 Å². The van der Waals surface area contributed by atoms with Gasteiger partial charge in [-0.3, -0.25) is 9.59 Å². The number of ether oxygens (including phenoxy) is 1. The third-order valence-corrected chi connectivity index (χ3v) is 4.95. The van der Waals surface area contributed by atoms with Crippen LogP contribution in [0.15, 0.2) is 54.6 Å². The smallest absolute Gasteiger partial charge is 0.237 e. The first-order valence-corrected chi connectivity index (χ1v) is 9.20. The van der Waals surface area contributed by atoms with E-state index in [-0.39, 0.29) is 23.1 Å². The van der Waals surface area contributed by atoms with Crippen molar-refractivity contribution in [3.63, 3.8) is 0 Å². The Balaban J connectivity index is 1.60. The Morgan fingerprint density at radius 1 is 1.11 bits per heavy atom. The van der Waals surface area contributed by atoms with Gasteiger partial charge in [0, 0.05) is 18.2 Å². The van der Waals surface area contributed by atoms with E-state index in [2.05, 4.69) is 31.4 Å². The van der Waals surface area contributed by atoms with Gasteiger partial charge in [-0.1, -0.05) is 51.1 Å². The minimum atomic E-state index is -0.668. The molecule has 1 aliphatic heterocycles. The van der Waals surface area contributed by atoms with E-state index in [1.54, 1.807) is 12.1 Å². The van der Waals surface area contributed by atoms with Gasteiger partial charge in [-0.15, -0.1) is 0 Å². The van der Waals surface area contributed by atoms with Crippen molar-refractivity contribution in [2.75, 3.05) is 11.9 Å². The highest BCUT2D eigenvalue weighted by atomic mass is 16.5. The van der Waals surface area contributed by atoms with Crippen molar-refractivity contribution in [3.05, 3.63) is 60.2 Å². The minimum absolute atomic E-state index is 0.0292. The first-order valence-electron chi connectivity index (χ1n) is 9.20. The summed E-state index contributed by atoms with van der Waals surface area (Å²) in [5.41, 5.74) is 1.62. The van der Waals surface area contributed by atoms with Gasteiger partial charge in [0.2, 0.25) is 11.8 Å². The molecule has 27 heavy (non-hydrogen) atoms. The van der Waals surface area contributed by atoms with Gasteiger partial charge in [0.25, 0.3) is 0 Å². The van der Waals surface area contributed by atoms with Crippen molar-refractivity contribution < 1.29 is 14.3 Å². The molecule has 2 aromatic rings. The van der Waals surface area contributed by atoms with E-state index in [4.69, 9.17) is 4.74 Å². The lowest BCUT2D eigenvalue weighted by atomic mass is 9.74. The van der Waals surface area contributed by atoms with Crippen molar-refractivity contribution in [2.45, 2.75) is 27.4 Å². The molecule has 1 saturated heterocycles. The molecule has 1 heterocycles. The largest absolute Gasteiger partial charge is 0.489 e. The number of hydrogen-bond donors (Lipinski definition) is 2. The molecule has 0 bridgehead atoms. The summed E-state index contributed by atoms with van der Waals surface area (Å²) in [7, 11) is 0. The lowest BCUT2D eigenvalue weighted by molar-refractivity contribution is -0.132. The number of benzene rings is 2. The number of nitrogens with one attached hydrogen (secondary N) is 2. The first-order chi connectivity index (χ1) is 12.8. The number of amides is 2. The van der Waals surface area contributed by atoms with Crippen LogP contribution in [0.5, 0.6) is 5.75 Å². The van der Waals surface area contributed by atoms with E-state index in [1.165, 1.54) is 0 Å². The van der Waals surface area contributed by atoms with Crippen molar-refractivity contribution in [1.82, 2.24) is 5.32 Å². The fourth-order valence-electron chi connectivity index (χ4n) is 3.32. The highest BCUT2D eigenvalue weighted by Gasteiger charge is 2.45. The Morgan fingerprint density at radius 3 is 2.41 bits per heavy atom. The van der Waals surface area contributed by atoms with Gasteiger partial charge in [0.05, 0.1) is 0 Å². The van der Waals surface area contributed by atoms with E-state index in [9.17, 15) is 9.59 Å².